The second-order valence-electron chi connectivity index (χ2n) is 5.04. The summed E-state index contributed by atoms with van der Waals surface area (Å²) in [5.41, 5.74) is 0.563. The molecule has 0 unspecified atom stereocenters. The van der Waals surface area contributed by atoms with Crippen LogP contribution in [0.3, 0.4) is 0 Å². The summed E-state index contributed by atoms with van der Waals surface area (Å²) in [5, 5.41) is 2.87. The van der Waals surface area contributed by atoms with Gasteiger partial charge in [-0.15, -0.1) is 0 Å². The lowest BCUT2D eigenvalue weighted by molar-refractivity contribution is 0.0670. The van der Waals surface area contributed by atoms with Crippen LogP contribution in [0.15, 0.2) is 24.3 Å². The summed E-state index contributed by atoms with van der Waals surface area (Å²) in [6, 6.07) is 7.30. The Morgan fingerprint density at radius 1 is 1.43 bits per heavy atom. The molecule has 1 heterocycles. The monoisotopic (exact) mass is 293 g/mol. The molecule has 1 aromatic rings. The molecule has 5 nitrogen and oxygen atoms in total. The minimum atomic E-state index is -0.117. The number of para-hydroxylation sites is 1. The minimum absolute atomic E-state index is 0.117. The topological polar surface area (TPSA) is 56.8 Å². The smallest absolute Gasteiger partial charge is 0.255 e. The highest BCUT2D eigenvalue weighted by atomic mass is 16.5. The van der Waals surface area contributed by atoms with Gasteiger partial charge in [0.05, 0.1) is 11.7 Å². The van der Waals surface area contributed by atoms with Crippen molar-refractivity contribution in [2.24, 2.45) is 0 Å². The van der Waals surface area contributed by atoms with Gasteiger partial charge in [0.15, 0.2) is 0 Å². The van der Waals surface area contributed by atoms with Crippen LogP contribution < -0.4 is 10.1 Å². The highest BCUT2D eigenvalue weighted by Crippen LogP contribution is 2.20. The molecule has 1 aliphatic rings. The lowest BCUT2D eigenvalue weighted by atomic mass is 10.2. The molecular weight excluding hydrogens is 270 g/mol. The Bertz CT molecular complexity index is 444. The van der Waals surface area contributed by atoms with Crippen LogP contribution in [-0.4, -0.2) is 45.5 Å². The van der Waals surface area contributed by atoms with Crippen LogP contribution in [0.2, 0.25) is 0 Å². The average Bonchev–Trinajstić information content (AvgIpc) is 3.03. The van der Waals surface area contributed by atoms with E-state index in [2.05, 4.69) is 5.32 Å². The Morgan fingerprint density at radius 3 is 3.05 bits per heavy atom. The molecule has 1 saturated heterocycles. The van der Waals surface area contributed by atoms with E-state index in [0.717, 1.165) is 25.9 Å². The Morgan fingerprint density at radius 2 is 2.29 bits per heavy atom. The van der Waals surface area contributed by atoms with E-state index in [9.17, 15) is 4.79 Å². The third-order valence-corrected chi connectivity index (χ3v) is 3.39. The Kier molecular flexibility index (Phi) is 6.50. The predicted molar refractivity (Wildman–Crippen MR) is 79.7 cm³/mol. The van der Waals surface area contributed by atoms with E-state index in [1.165, 1.54) is 0 Å². The molecular formula is C16H23NO4. The molecule has 21 heavy (non-hydrogen) atoms. The zero-order chi connectivity index (χ0) is 14.9. The van der Waals surface area contributed by atoms with Crippen LogP contribution in [-0.2, 0) is 9.47 Å². The lowest BCUT2D eigenvalue weighted by Crippen LogP contribution is -2.26. The van der Waals surface area contributed by atoms with Crippen molar-refractivity contribution in [3.63, 3.8) is 0 Å². The first kappa shape index (κ1) is 15.8. The zero-order valence-electron chi connectivity index (χ0n) is 12.5. The van der Waals surface area contributed by atoms with Gasteiger partial charge in [-0.3, -0.25) is 4.79 Å². The van der Waals surface area contributed by atoms with E-state index in [4.69, 9.17) is 14.2 Å². The normalized spacial score (nSPS) is 17.7. The summed E-state index contributed by atoms with van der Waals surface area (Å²) in [4.78, 5) is 12.2. The average molecular weight is 293 g/mol. The van der Waals surface area contributed by atoms with Crippen molar-refractivity contribution >= 4 is 5.91 Å². The van der Waals surface area contributed by atoms with Gasteiger partial charge in [-0.25, -0.2) is 0 Å². The summed E-state index contributed by atoms with van der Waals surface area (Å²) in [5.74, 6) is 0.492. The molecule has 1 atom stereocenters. The fourth-order valence-corrected chi connectivity index (χ4v) is 2.25. The second-order valence-corrected chi connectivity index (χ2v) is 5.04. The van der Waals surface area contributed by atoms with Crippen molar-refractivity contribution in [3.8, 4) is 5.75 Å². The maximum atomic E-state index is 12.2. The van der Waals surface area contributed by atoms with Gasteiger partial charge >= 0.3 is 0 Å². The standard InChI is InChI=1S/C16H23NO4/c1-19-10-5-9-17-16(18)14-7-2-3-8-15(14)21-12-13-6-4-11-20-13/h2-3,7-8,13H,4-6,9-12H2,1H3,(H,17,18)/t13-/m1/s1. The molecule has 1 amide bonds. The number of benzene rings is 1. The van der Waals surface area contributed by atoms with Crippen molar-refractivity contribution in [3.05, 3.63) is 29.8 Å². The largest absolute Gasteiger partial charge is 0.490 e. The first-order chi connectivity index (χ1) is 10.3. The molecule has 0 spiro atoms. The van der Waals surface area contributed by atoms with Gasteiger partial charge in [-0.2, -0.15) is 0 Å². The molecule has 1 aliphatic heterocycles. The maximum Gasteiger partial charge on any atom is 0.255 e. The van der Waals surface area contributed by atoms with Gasteiger partial charge in [-0.05, 0) is 31.4 Å². The van der Waals surface area contributed by atoms with Crippen LogP contribution in [0, 0.1) is 0 Å². The number of nitrogens with one attached hydrogen (secondary N) is 1. The molecule has 5 heteroatoms. The number of hydrogen-bond acceptors (Lipinski definition) is 4. The number of hydrogen-bond donors (Lipinski definition) is 1. The number of methoxy groups -OCH3 is 1. The number of amides is 1. The molecule has 0 aromatic heterocycles. The van der Waals surface area contributed by atoms with Crippen LogP contribution >= 0.6 is 0 Å². The van der Waals surface area contributed by atoms with Crippen LogP contribution in [0.1, 0.15) is 29.6 Å². The summed E-state index contributed by atoms with van der Waals surface area (Å²) >= 11 is 0. The number of carbonyl (C=O) groups excluding carboxylic acids is 1. The highest BCUT2D eigenvalue weighted by Gasteiger charge is 2.18. The zero-order valence-corrected chi connectivity index (χ0v) is 12.5. The SMILES string of the molecule is COCCCNC(=O)c1ccccc1OC[C@H]1CCCO1. The van der Waals surface area contributed by atoms with E-state index in [-0.39, 0.29) is 12.0 Å². The van der Waals surface area contributed by atoms with Gasteiger partial charge in [0.1, 0.15) is 12.4 Å². The summed E-state index contributed by atoms with van der Waals surface area (Å²) < 4.78 is 16.2. The first-order valence-electron chi connectivity index (χ1n) is 7.42. The van der Waals surface area contributed by atoms with Crippen molar-refractivity contribution in [2.45, 2.75) is 25.4 Å². The predicted octanol–water partition coefficient (Wildman–Crippen LogP) is 2.01. The summed E-state index contributed by atoms with van der Waals surface area (Å²) in [6.45, 7) is 2.52. The third kappa shape index (κ3) is 5.02. The van der Waals surface area contributed by atoms with Gasteiger partial charge in [-0.1, -0.05) is 12.1 Å². The number of carbonyl (C=O) groups is 1. The highest BCUT2D eigenvalue weighted by molar-refractivity contribution is 5.96. The molecule has 0 radical (unpaired) electrons. The molecule has 0 saturated carbocycles. The van der Waals surface area contributed by atoms with Gasteiger partial charge < -0.3 is 19.5 Å². The van der Waals surface area contributed by atoms with Crippen LogP contribution in [0.5, 0.6) is 5.75 Å². The van der Waals surface area contributed by atoms with E-state index in [0.29, 0.717) is 31.1 Å². The van der Waals surface area contributed by atoms with Crippen molar-refractivity contribution in [2.75, 3.05) is 33.5 Å². The Hall–Kier alpha value is -1.59. The van der Waals surface area contributed by atoms with E-state index >= 15 is 0 Å². The first-order valence-corrected chi connectivity index (χ1v) is 7.42. The fraction of sp³-hybridized carbons (Fsp3) is 0.562. The van der Waals surface area contributed by atoms with E-state index in [1.54, 1.807) is 13.2 Å². The molecule has 116 valence electrons. The van der Waals surface area contributed by atoms with E-state index in [1.807, 2.05) is 18.2 Å². The lowest BCUT2D eigenvalue weighted by Gasteiger charge is -2.14. The van der Waals surface area contributed by atoms with Crippen molar-refractivity contribution in [1.29, 1.82) is 0 Å². The van der Waals surface area contributed by atoms with Crippen molar-refractivity contribution < 1.29 is 19.0 Å². The molecule has 1 N–H and O–H groups in total. The van der Waals surface area contributed by atoms with Gasteiger partial charge in [0, 0.05) is 26.9 Å². The molecule has 2 rings (SSSR count). The van der Waals surface area contributed by atoms with Gasteiger partial charge in [0.2, 0.25) is 0 Å². The van der Waals surface area contributed by atoms with Crippen molar-refractivity contribution in [1.82, 2.24) is 5.32 Å². The summed E-state index contributed by atoms with van der Waals surface area (Å²) in [7, 11) is 1.65. The third-order valence-electron chi connectivity index (χ3n) is 3.39. The van der Waals surface area contributed by atoms with Crippen LogP contribution in [0.25, 0.3) is 0 Å². The number of rotatable bonds is 8. The summed E-state index contributed by atoms with van der Waals surface area (Å²) in [6.07, 6.45) is 3.03. The number of ether oxygens (including phenoxy) is 3. The Labute approximate surface area is 125 Å². The molecule has 0 aliphatic carbocycles. The van der Waals surface area contributed by atoms with Gasteiger partial charge in [0.25, 0.3) is 5.91 Å². The molecule has 1 fully saturated rings. The molecule has 1 aromatic carbocycles. The maximum absolute atomic E-state index is 12.2. The minimum Gasteiger partial charge on any atom is -0.490 e. The second kappa shape index (κ2) is 8.64. The Balaban J connectivity index is 1.87. The fourth-order valence-electron chi connectivity index (χ4n) is 2.25. The van der Waals surface area contributed by atoms with E-state index < -0.39 is 0 Å². The van der Waals surface area contributed by atoms with Crippen LogP contribution in [0.4, 0.5) is 0 Å². The quantitative estimate of drug-likeness (QED) is 0.745. The molecule has 0 bridgehead atoms.